The lowest BCUT2D eigenvalue weighted by molar-refractivity contribution is -0.128. The average Bonchev–Trinajstić information content (AvgIpc) is 2.41. The highest BCUT2D eigenvalue weighted by Gasteiger charge is 2.13. The van der Waals surface area contributed by atoms with Gasteiger partial charge in [0.05, 0.1) is 12.0 Å². The maximum atomic E-state index is 9.73. The predicted octanol–water partition coefficient (Wildman–Crippen LogP) is 0.212. The number of carbonyl (C=O) groups is 1. The molecule has 0 aromatic heterocycles. The average molecular weight is 161 g/mol. The van der Waals surface area contributed by atoms with E-state index in [-0.39, 0.29) is 0 Å². The molecule has 1 fully saturated rings. The molecule has 1 saturated heterocycles. The molecule has 1 heterocycles. The van der Waals surface area contributed by atoms with Crippen LogP contribution in [0.2, 0.25) is 0 Å². The van der Waals surface area contributed by atoms with E-state index >= 15 is 0 Å². The van der Waals surface area contributed by atoms with Crippen molar-refractivity contribution < 1.29 is 9.53 Å². The Morgan fingerprint density at radius 1 is 1.80 bits per heavy atom. The van der Waals surface area contributed by atoms with Crippen molar-refractivity contribution in [1.29, 1.82) is 0 Å². The Hall–Kier alpha value is -0.220. The minimum Gasteiger partial charge on any atom is -0.468 e. The molecule has 0 saturated carbocycles. The van der Waals surface area contributed by atoms with Crippen molar-refractivity contribution in [3.05, 3.63) is 0 Å². The largest absolute Gasteiger partial charge is 0.468 e. The van der Waals surface area contributed by atoms with Crippen LogP contribution < -0.4 is 5.32 Å². The molecular weight excluding hydrogens is 150 g/mol. The van der Waals surface area contributed by atoms with Gasteiger partial charge in [0.25, 0.3) is 6.47 Å². The van der Waals surface area contributed by atoms with Gasteiger partial charge in [0, 0.05) is 18.7 Å². The van der Waals surface area contributed by atoms with E-state index in [9.17, 15) is 4.79 Å². The van der Waals surface area contributed by atoms with Crippen molar-refractivity contribution in [2.75, 3.05) is 18.9 Å². The molecule has 0 aromatic rings. The van der Waals surface area contributed by atoms with E-state index in [2.05, 4.69) is 10.1 Å². The van der Waals surface area contributed by atoms with Crippen LogP contribution in [0.25, 0.3) is 0 Å². The van der Waals surface area contributed by atoms with Crippen LogP contribution in [0.1, 0.15) is 6.42 Å². The molecule has 58 valence electrons. The minimum absolute atomic E-state index is 0.500. The van der Waals surface area contributed by atoms with E-state index < -0.39 is 0 Å². The summed E-state index contributed by atoms with van der Waals surface area (Å²) in [5.41, 5.74) is 0. The van der Waals surface area contributed by atoms with Gasteiger partial charge in [0.2, 0.25) is 0 Å². The molecule has 10 heavy (non-hydrogen) atoms. The van der Waals surface area contributed by atoms with Crippen molar-refractivity contribution in [2.45, 2.75) is 11.8 Å². The van der Waals surface area contributed by atoms with Crippen LogP contribution in [0.3, 0.4) is 0 Å². The Morgan fingerprint density at radius 2 is 2.70 bits per heavy atom. The van der Waals surface area contributed by atoms with E-state index in [1.165, 1.54) is 5.75 Å². The van der Waals surface area contributed by atoms with Gasteiger partial charge in [0.15, 0.2) is 0 Å². The number of carbonyl (C=O) groups excluding carboxylic acids is 1. The predicted molar refractivity (Wildman–Crippen MR) is 40.9 cm³/mol. The summed E-state index contributed by atoms with van der Waals surface area (Å²) >= 11 is 1.89. The summed E-state index contributed by atoms with van der Waals surface area (Å²) in [5, 5.41) is 3.78. The first-order chi connectivity index (χ1) is 4.93. The molecule has 0 spiro atoms. The van der Waals surface area contributed by atoms with E-state index in [0.717, 1.165) is 13.0 Å². The van der Waals surface area contributed by atoms with E-state index in [4.69, 9.17) is 0 Å². The van der Waals surface area contributed by atoms with Crippen molar-refractivity contribution in [1.82, 2.24) is 5.32 Å². The molecular formula is C6H11NO2S. The molecule has 0 aromatic carbocycles. The minimum atomic E-state index is 0.500. The fourth-order valence-corrected chi connectivity index (χ4v) is 1.91. The third kappa shape index (κ3) is 2.58. The zero-order chi connectivity index (χ0) is 7.23. The highest BCUT2D eigenvalue weighted by molar-refractivity contribution is 8.00. The first-order valence-corrected chi connectivity index (χ1v) is 4.38. The van der Waals surface area contributed by atoms with Crippen LogP contribution in [0.4, 0.5) is 0 Å². The van der Waals surface area contributed by atoms with E-state index in [1.807, 2.05) is 11.8 Å². The molecule has 3 nitrogen and oxygen atoms in total. The van der Waals surface area contributed by atoms with E-state index in [0.29, 0.717) is 18.5 Å². The standard InChI is InChI=1S/C6H11NO2S/c8-5-9-3-1-6-7-2-4-10-6/h5-7H,1-4H2. The molecule has 1 rings (SSSR count). The van der Waals surface area contributed by atoms with Gasteiger partial charge in [0.1, 0.15) is 0 Å². The van der Waals surface area contributed by atoms with Crippen LogP contribution in [-0.4, -0.2) is 30.8 Å². The quantitative estimate of drug-likeness (QED) is 0.472. The zero-order valence-electron chi connectivity index (χ0n) is 5.71. The fourth-order valence-electron chi connectivity index (χ4n) is 0.889. The van der Waals surface area contributed by atoms with E-state index in [1.54, 1.807) is 0 Å². The third-order valence-electron chi connectivity index (χ3n) is 1.36. The lowest BCUT2D eigenvalue weighted by Crippen LogP contribution is -2.20. The van der Waals surface area contributed by atoms with Crippen LogP contribution in [0.15, 0.2) is 0 Å². The van der Waals surface area contributed by atoms with Gasteiger partial charge >= 0.3 is 0 Å². The second-order valence-corrected chi connectivity index (χ2v) is 3.38. The zero-order valence-corrected chi connectivity index (χ0v) is 6.52. The lowest BCUT2D eigenvalue weighted by atomic mass is 10.4. The normalized spacial score (nSPS) is 24.6. The summed E-state index contributed by atoms with van der Waals surface area (Å²) in [4.78, 5) is 9.73. The summed E-state index contributed by atoms with van der Waals surface area (Å²) in [6.07, 6.45) is 0.920. The molecule has 0 amide bonds. The maximum absolute atomic E-state index is 9.73. The molecule has 4 heteroatoms. The smallest absolute Gasteiger partial charge is 0.293 e. The lowest BCUT2D eigenvalue weighted by Gasteiger charge is -2.06. The van der Waals surface area contributed by atoms with Crippen LogP contribution in [-0.2, 0) is 9.53 Å². The number of thioether (sulfide) groups is 1. The van der Waals surface area contributed by atoms with Gasteiger partial charge in [-0.05, 0) is 0 Å². The first kappa shape index (κ1) is 7.88. The van der Waals surface area contributed by atoms with Crippen LogP contribution >= 0.6 is 11.8 Å². The summed E-state index contributed by atoms with van der Waals surface area (Å²) in [5.74, 6) is 1.17. The number of hydrogen-bond donors (Lipinski definition) is 1. The number of ether oxygens (including phenoxy) is 1. The molecule has 1 unspecified atom stereocenters. The van der Waals surface area contributed by atoms with Gasteiger partial charge in [-0.2, -0.15) is 0 Å². The summed E-state index contributed by atoms with van der Waals surface area (Å²) < 4.78 is 4.56. The van der Waals surface area contributed by atoms with Gasteiger partial charge < -0.3 is 10.1 Å². The number of rotatable bonds is 4. The molecule has 1 N–H and O–H groups in total. The van der Waals surface area contributed by atoms with Crippen molar-refractivity contribution >= 4 is 18.2 Å². The Bertz CT molecular complexity index is 104. The monoisotopic (exact) mass is 161 g/mol. The summed E-state index contributed by atoms with van der Waals surface area (Å²) in [7, 11) is 0. The van der Waals surface area contributed by atoms with Crippen LogP contribution in [0.5, 0.6) is 0 Å². The number of nitrogens with one attached hydrogen (secondary N) is 1. The second-order valence-electron chi connectivity index (χ2n) is 2.07. The van der Waals surface area contributed by atoms with Gasteiger partial charge in [-0.15, -0.1) is 11.8 Å². The summed E-state index contributed by atoms with van der Waals surface area (Å²) in [6.45, 7) is 2.12. The highest BCUT2D eigenvalue weighted by Crippen LogP contribution is 2.16. The van der Waals surface area contributed by atoms with Gasteiger partial charge in [-0.25, -0.2) is 0 Å². The Balaban J connectivity index is 1.96. The fraction of sp³-hybridized carbons (Fsp3) is 0.833. The topological polar surface area (TPSA) is 38.3 Å². The molecule has 1 atom stereocenters. The molecule has 0 bridgehead atoms. The SMILES string of the molecule is O=COCCC1NCCS1. The van der Waals surface area contributed by atoms with Gasteiger partial charge in [-0.3, -0.25) is 4.79 Å². The van der Waals surface area contributed by atoms with Gasteiger partial charge in [-0.1, -0.05) is 0 Å². The number of hydrogen-bond acceptors (Lipinski definition) is 4. The maximum Gasteiger partial charge on any atom is 0.293 e. The van der Waals surface area contributed by atoms with Crippen molar-refractivity contribution in [2.24, 2.45) is 0 Å². The molecule has 1 aliphatic rings. The molecule has 1 aliphatic heterocycles. The Morgan fingerprint density at radius 3 is 3.30 bits per heavy atom. The highest BCUT2D eigenvalue weighted by atomic mass is 32.2. The Labute approximate surface area is 64.5 Å². The molecule has 0 aliphatic carbocycles. The Kier molecular flexibility index (Phi) is 3.60. The summed E-state index contributed by atoms with van der Waals surface area (Å²) in [6, 6.07) is 0. The second kappa shape index (κ2) is 4.57. The first-order valence-electron chi connectivity index (χ1n) is 3.33. The molecule has 0 radical (unpaired) electrons. The van der Waals surface area contributed by atoms with Crippen LogP contribution in [0, 0.1) is 0 Å². The van der Waals surface area contributed by atoms with Crippen molar-refractivity contribution in [3.63, 3.8) is 0 Å². The van der Waals surface area contributed by atoms with Crippen molar-refractivity contribution in [3.8, 4) is 0 Å². The third-order valence-corrected chi connectivity index (χ3v) is 2.60.